The molecule has 0 spiro atoms. The summed E-state index contributed by atoms with van der Waals surface area (Å²) in [6.07, 6.45) is 3.14. The summed E-state index contributed by atoms with van der Waals surface area (Å²) in [6, 6.07) is 4.89. The Labute approximate surface area is 144 Å². The van der Waals surface area contributed by atoms with E-state index >= 15 is 0 Å². The third-order valence-electron chi connectivity index (χ3n) is 4.37. The highest BCUT2D eigenvalue weighted by Crippen LogP contribution is 2.26. The number of likely N-dealkylation sites (N-methyl/N-ethyl adjacent to an activating group) is 1. The molecule has 1 amide bonds. The van der Waals surface area contributed by atoms with E-state index in [0.29, 0.717) is 6.04 Å². The number of rotatable bonds is 4. The molecule has 0 N–H and O–H groups in total. The highest BCUT2D eigenvalue weighted by molar-refractivity contribution is 7.10. The van der Waals surface area contributed by atoms with Gasteiger partial charge in [-0.1, -0.05) is 6.07 Å². The standard InChI is InChI=1S/C18H30N2O2S/c1-14(16-10-8-12-23-16)19(5)13-15-9-6-7-11-20(15)17(21)22-18(2,3)4/h8,10,12,14-15H,6-7,9,11,13H2,1-5H3/t14-,15-/m0/s1. The Morgan fingerprint density at radius 1 is 1.48 bits per heavy atom. The Bertz CT molecular complexity index is 496. The zero-order valence-corrected chi connectivity index (χ0v) is 15.9. The second kappa shape index (κ2) is 7.67. The molecule has 5 heteroatoms. The van der Waals surface area contributed by atoms with Crippen molar-refractivity contribution in [3.63, 3.8) is 0 Å². The molecule has 0 bridgehead atoms. The van der Waals surface area contributed by atoms with Crippen LogP contribution in [0.2, 0.25) is 0 Å². The van der Waals surface area contributed by atoms with Crippen LogP contribution in [0.1, 0.15) is 57.9 Å². The number of carbonyl (C=O) groups is 1. The second-order valence-electron chi connectivity index (χ2n) is 7.45. The van der Waals surface area contributed by atoms with Gasteiger partial charge < -0.3 is 9.64 Å². The lowest BCUT2D eigenvalue weighted by Gasteiger charge is -2.39. The van der Waals surface area contributed by atoms with Crippen LogP contribution < -0.4 is 0 Å². The predicted octanol–water partition coefficient (Wildman–Crippen LogP) is 4.53. The molecule has 1 aromatic heterocycles. The normalized spacial score (nSPS) is 20.6. The fourth-order valence-electron chi connectivity index (χ4n) is 2.99. The largest absolute Gasteiger partial charge is 0.444 e. The highest BCUT2D eigenvalue weighted by Gasteiger charge is 2.31. The summed E-state index contributed by atoms with van der Waals surface area (Å²) in [6.45, 7) is 9.70. The summed E-state index contributed by atoms with van der Waals surface area (Å²) in [4.78, 5) is 18.1. The lowest BCUT2D eigenvalue weighted by atomic mass is 10.0. The number of carbonyl (C=O) groups excluding carboxylic acids is 1. The lowest BCUT2D eigenvalue weighted by molar-refractivity contribution is 0.00471. The van der Waals surface area contributed by atoms with Gasteiger partial charge in [0.05, 0.1) is 0 Å². The van der Waals surface area contributed by atoms with Crippen LogP contribution in [0.4, 0.5) is 4.79 Å². The predicted molar refractivity (Wildman–Crippen MR) is 95.9 cm³/mol. The second-order valence-corrected chi connectivity index (χ2v) is 8.43. The van der Waals surface area contributed by atoms with Crippen LogP contribution in [0, 0.1) is 0 Å². The fourth-order valence-corrected chi connectivity index (χ4v) is 3.84. The maximum absolute atomic E-state index is 12.5. The molecular weight excluding hydrogens is 308 g/mol. The summed E-state index contributed by atoms with van der Waals surface area (Å²) in [5, 5.41) is 2.12. The number of hydrogen-bond acceptors (Lipinski definition) is 4. The number of nitrogens with zero attached hydrogens (tertiary/aromatic N) is 2. The van der Waals surface area contributed by atoms with Gasteiger partial charge >= 0.3 is 6.09 Å². The van der Waals surface area contributed by atoms with Crippen LogP contribution >= 0.6 is 11.3 Å². The van der Waals surface area contributed by atoms with Crippen LogP contribution in [-0.4, -0.2) is 47.7 Å². The Morgan fingerprint density at radius 2 is 2.22 bits per heavy atom. The Hall–Kier alpha value is -1.07. The molecule has 0 aromatic carbocycles. The van der Waals surface area contributed by atoms with Crippen molar-refractivity contribution in [3.05, 3.63) is 22.4 Å². The molecule has 2 atom stereocenters. The van der Waals surface area contributed by atoms with Gasteiger partial charge in [-0.15, -0.1) is 11.3 Å². The van der Waals surface area contributed by atoms with Gasteiger partial charge in [-0.3, -0.25) is 4.90 Å². The van der Waals surface area contributed by atoms with Crippen molar-refractivity contribution in [2.24, 2.45) is 0 Å². The number of piperidine rings is 1. The van der Waals surface area contributed by atoms with Crippen molar-refractivity contribution in [2.75, 3.05) is 20.1 Å². The van der Waals surface area contributed by atoms with Crippen LogP contribution in [0.3, 0.4) is 0 Å². The van der Waals surface area contributed by atoms with Gasteiger partial charge in [-0.05, 0) is 65.5 Å². The first-order valence-corrected chi connectivity index (χ1v) is 9.39. The average Bonchev–Trinajstić information content (AvgIpc) is 2.99. The summed E-state index contributed by atoms with van der Waals surface area (Å²) in [7, 11) is 2.15. The molecule has 1 aromatic rings. The Morgan fingerprint density at radius 3 is 2.83 bits per heavy atom. The molecule has 130 valence electrons. The van der Waals surface area contributed by atoms with E-state index in [1.165, 1.54) is 11.3 Å². The first-order chi connectivity index (χ1) is 10.8. The van der Waals surface area contributed by atoms with Gasteiger partial charge in [-0.25, -0.2) is 4.79 Å². The average molecular weight is 339 g/mol. The third-order valence-corrected chi connectivity index (χ3v) is 5.41. The number of hydrogen-bond donors (Lipinski definition) is 0. The number of amides is 1. The van der Waals surface area contributed by atoms with E-state index in [2.05, 4.69) is 36.4 Å². The van der Waals surface area contributed by atoms with Gasteiger partial charge in [0.25, 0.3) is 0 Å². The summed E-state index contributed by atoms with van der Waals surface area (Å²) >= 11 is 1.79. The molecular formula is C18H30N2O2S. The highest BCUT2D eigenvalue weighted by atomic mass is 32.1. The molecule has 1 aliphatic heterocycles. The van der Waals surface area contributed by atoms with Crippen molar-refractivity contribution >= 4 is 17.4 Å². The minimum atomic E-state index is -0.435. The van der Waals surface area contributed by atoms with Crippen LogP contribution in [0.5, 0.6) is 0 Å². The van der Waals surface area contributed by atoms with Crippen LogP contribution in [0.15, 0.2) is 17.5 Å². The van der Waals surface area contributed by atoms with E-state index in [1.54, 1.807) is 11.3 Å². The van der Waals surface area contributed by atoms with Crippen molar-refractivity contribution in [3.8, 4) is 0 Å². The molecule has 0 unspecified atom stereocenters. The fraction of sp³-hybridized carbons (Fsp3) is 0.722. The maximum atomic E-state index is 12.5. The van der Waals surface area contributed by atoms with Crippen molar-refractivity contribution in [2.45, 2.75) is 64.6 Å². The maximum Gasteiger partial charge on any atom is 0.410 e. The van der Waals surface area contributed by atoms with Crippen LogP contribution in [0.25, 0.3) is 0 Å². The van der Waals surface area contributed by atoms with E-state index < -0.39 is 5.60 Å². The van der Waals surface area contributed by atoms with Gasteiger partial charge in [0, 0.05) is 30.1 Å². The molecule has 1 fully saturated rings. The topological polar surface area (TPSA) is 32.8 Å². The molecule has 0 saturated carbocycles. The Kier molecular flexibility index (Phi) is 6.09. The third kappa shape index (κ3) is 5.21. The van der Waals surface area contributed by atoms with Gasteiger partial charge in [-0.2, -0.15) is 0 Å². The molecule has 4 nitrogen and oxygen atoms in total. The quantitative estimate of drug-likeness (QED) is 0.808. The van der Waals surface area contributed by atoms with Gasteiger partial charge in [0.2, 0.25) is 0 Å². The molecule has 0 radical (unpaired) electrons. The van der Waals surface area contributed by atoms with E-state index in [1.807, 2.05) is 25.7 Å². The lowest BCUT2D eigenvalue weighted by Crippen LogP contribution is -2.50. The van der Waals surface area contributed by atoms with E-state index in [-0.39, 0.29) is 12.1 Å². The van der Waals surface area contributed by atoms with Crippen LogP contribution in [-0.2, 0) is 4.74 Å². The van der Waals surface area contributed by atoms with Gasteiger partial charge in [0.15, 0.2) is 0 Å². The smallest absolute Gasteiger partial charge is 0.410 e. The van der Waals surface area contributed by atoms with Gasteiger partial charge in [0.1, 0.15) is 5.60 Å². The molecule has 2 rings (SSSR count). The number of ether oxygens (including phenoxy) is 1. The van der Waals surface area contributed by atoms with Crippen molar-refractivity contribution in [1.82, 2.24) is 9.80 Å². The molecule has 0 aliphatic carbocycles. The SMILES string of the molecule is C[C@@H](c1cccs1)N(C)C[C@@H]1CCCCN1C(=O)OC(C)(C)C. The number of likely N-dealkylation sites (tertiary alicyclic amines) is 1. The molecule has 1 saturated heterocycles. The summed E-state index contributed by atoms with van der Waals surface area (Å²) in [5.74, 6) is 0. The minimum Gasteiger partial charge on any atom is -0.444 e. The molecule has 1 aliphatic rings. The molecule has 23 heavy (non-hydrogen) atoms. The van der Waals surface area contributed by atoms with E-state index in [4.69, 9.17) is 4.74 Å². The van der Waals surface area contributed by atoms with Crippen molar-refractivity contribution in [1.29, 1.82) is 0 Å². The summed E-state index contributed by atoms with van der Waals surface area (Å²) in [5.41, 5.74) is -0.435. The first-order valence-electron chi connectivity index (χ1n) is 8.51. The number of thiophene rings is 1. The molecule has 2 heterocycles. The monoisotopic (exact) mass is 338 g/mol. The minimum absolute atomic E-state index is 0.167. The Balaban J connectivity index is 1.99. The summed E-state index contributed by atoms with van der Waals surface area (Å²) < 4.78 is 5.59. The van der Waals surface area contributed by atoms with Crippen molar-refractivity contribution < 1.29 is 9.53 Å². The first kappa shape index (κ1) is 18.3. The van der Waals surface area contributed by atoms with E-state index in [9.17, 15) is 4.79 Å². The zero-order chi connectivity index (χ0) is 17.0. The zero-order valence-electron chi connectivity index (χ0n) is 15.0. The van der Waals surface area contributed by atoms with E-state index in [0.717, 1.165) is 25.9 Å².